The zero-order valence-corrected chi connectivity index (χ0v) is 10.6. The fraction of sp³-hybridized carbons (Fsp3) is 0.800. The number of halogens is 3. The summed E-state index contributed by atoms with van der Waals surface area (Å²) in [6, 6.07) is -0.707. The highest BCUT2D eigenvalue weighted by atomic mass is 32.2. The lowest BCUT2D eigenvalue weighted by Gasteiger charge is -2.20. The molecule has 0 radical (unpaired) electrons. The Morgan fingerprint density at radius 1 is 1.31 bits per heavy atom. The van der Waals surface area contributed by atoms with Crippen molar-refractivity contribution in [3.05, 3.63) is 0 Å². The molecule has 0 saturated heterocycles. The summed E-state index contributed by atoms with van der Waals surface area (Å²) in [5, 5.41) is 0. The van der Waals surface area contributed by atoms with Crippen molar-refractivity contribution in [1.82, 2.24) is 4.72 Å². The smallest absolute Gasteiger partial charge is 0.242 e. The van der Waals surface area contributed by atoms with E-state index < -0.39 is 28.0 Å². The third kappa shape index (κ3) is 6.85. The molecule has 0 amide bonds. The number of rotatable bonds is 3. The minimum absolute atomic E-state index is 0.366. The Bertz CT molecular complexity index is 309. The molecule has 0 aromatic carbocycles. The van der Waals surface area contributed by atoms with Crippen molar-refractivity contribution in [3.8, 4) is 11.8 Å². The van der Waals surface area contributed by atoms with Crippen LogP contribution in [0, 0.1) is 11.8 Å². The lowest BCUT2D eigenvalue weighted by Crippen LogP contribution is -2.39. The molecular formula is C10H16F3NOS. The highest BCUT2D eigenvalue weighted by Gasteiger charge is 2.25. The van der Waals surface area contributed by atoms with Gasteiger partial charge in [0.2, 0.25) is 0 Å². The minimum atomic E-state index is -4.50. The molecule has 1 N–H and O–H groups in total. The van der Waals surface area contributed by atoms with Gasteiger partial charge in [-0.15, -0.1) is 0 Å². The van der Waals surface area contributed by atoms with Crippen molar-refractivity contribution in [3.63, 3.8) is 0 Å². The van der Waals surface area contributed by atoms with E-state index in [2.05, 4.69) is 4.72 Å². The molecule has 0 rings (SSSR count). The van der Waals surface area contributed by atoms with Gasteiger partial charge in [-0.05, 0) is 27.2 Å². The zero-order valence-electron chi connectivity index (χ0n) is 9.73. The molecule has 0 aliphatic rings. The Hall–Kier alpha value is -0.540. The standard InChI is InChI=1S/C10H16F3NOS/c1-5-8(6-7-10(11,12)13)14-16(15)9(2,3)4/h8,14H,5H2,1-4H3/t8-,16?/m1/s1. The van der Waals surface area contributed by atoms with Gasteiger partial charge in [-0.2, -0.15) is 13.2 Å². The number of hydrogen-bond acceptors (Lipinski definition) is 1. The van der Waals surface area contributed by atoms with Gasteiger partial charge in [0.05, 0.1) is 21.8 Å². The van der Waals surface area contributed by atoms with Gasteiger partial charge >= 0.3 is 6.18 Å². The van der Waals surface area contributed by atoms with E-state index in [4.69, 9.17) is 0 Å². The monoisotopic (exact) mass is 255 g/mol. The molecular weight excluding hydrogens is 239 g/mol. The van der Waals surface area contributed by atoms with Crippen LogP contribution in [-0.2, 0) is 11.0 Å². The van der Waals surface area contributed by atoms with Gasteiger partial charge in [0.25, 0.3) is 0 Å². The molecule has 0 bridgehead atoms. The minimum Gasteiger partial charge on any atom is -0.242 e. The maximum atomic E-state index is 11.8. The summed E-state index contributed by atoms with van der Waals surface area (Å²) in [6.07, 6.45) is -4.14. The third-order valence-corrected chi connectivity index (χ3v) is 3.21. The molecule has 0 aromatic heterocycles. The Morgan fingerprint density at radius 2 is 1.81 bits per heavy atom. The highest BCUT2D eigenvalue weighted by molar-refractivity contribution is 7.84. The summed E-state index contributed by atoms with van der Waals surface area (Å²) in [5.74, 6) is 3.22. The molecule has 0 aliphatic carbocycles. The molecule has 2 atom stereocenters. The number of nitrogens with one attached hydrogen (secondary N) is 1. The first kappa shape index (κ1) is 15.5. The van der Waals surface area contributed by atoms with Crippen molar-refractivity contribution in [1.29, 1.82) is 0 Å². The summed E-state index contributed by atoms with van der Waals surface area (Å²) >= 11 is 0. The normalized spacial score (nSPS) is 16.2. The van der Waals surface area contributed by atoms with Gasteiger partial charge in [0.1, 0.15) is 0 Å². The van der Waals surface area contributed by atoms with Crippen LogP contribution >= 0.6 is 0 Å². The van der Waals surface area contributed by atoms with Gasteiger partial charge in [-0.25, -0.2) is 8.93 Å². The van der Waals surface area contributed by atoms with E-state index in [-0.39, 0.29) is 0 Å². The van der Waals surface area contributed by atoms with Gasteiger partial charge in [-0.3, -0.25) is 0 Å². The Labute approximate surface area is 96.6 Å². The molecule has 16 heavy (non-hydrogen) atoms. The lowest BCUT2D eigenvalue weighted by molar-refractivity contribution is -0.0698. The summed E-state index contributed by atoms with van der Waals surface area (Å²) in [7, 11) is -1.42. The summed E-state index contributed by atoms with van der Waals surface area (Å²) < 4.78 is 49.2. The van der Waals surface area contributed by atoms with Crippen LogP contribution in [0.2, 0.25) is 0 Å². The van der Waals surface area contributed by atoms with Gasteiger partial charge in [0, 0.05) is 5.92 Å². The predicted octanol–water partition coefficient (Wildman–Crippen LogP) is 2.38. The third-order valence-electron chi connectivity index (χ3n) is 1.60. The second-order valence-corrected chi connectivity index (χ2v) is 6.22. The first-order valence-electron chi connectivity index (χ1n) is 4.83. The van der Waals surface area contributed by atoms with E-state index in [0.717, 1.165) is 0 Å². The van der Waals surface area contributed by atoms with Crippen molar-refractivity contribution in [2.24, 2.45) is 0 Å². The lowest BCUT2D eigenvalue weighted by atomic mass is 10.2. The molecule has 0 fully saturated rings. The van der Waals surface area contributed by atoms with Gasteiger partial charge < -0.3 is 0 Å². The highest BCUT2D eigenvalue weighted by Crippen LogP contribution is 2.13. The van der Waals surface area contributed by atoms with Crippen LogP contribution in [0.1, 0.15) is 34.1 Å². The summed E-state index contributed by atoms with van der Waals surface area (Å²) in [6.45, 7) is 6.89. The molecule has 94 valence electrons. The van der Waals surface area contributed by atoms with E-state index in [0.29, 0.717) is 6.42 Å². The first-order chi connectivity index (χ1) is 7.06. The van der Waals surface area contributed by atoms with E-state index in [1.165, 1.54) is 5.92 Å². The fourth-order valence-electron chi connectivity index (χ4n) is 0.690. The van der Waals surface area contributed by atoms with Crippen LogP contribution in [0.25, 0.3) is 0 Å². The molecule has 1 unspecified atom stereocenters. The second kappa shape index (κ2) is 5.69. The van der Waals surface area contributed by atoms with Crippen molar-refractivity contribution in [2.75, 3.05) is 0 Å². The average molecular weight is 255 g/mol. The van der Waals surface area contributed by atoms with E-state index in [1.807, 2.05) is 5.92 Å². The Morgan fingerprint density at radius 3 is 2.12 bits per heavy atom. The molecule has 0 spiro atoms. The molecule has 2 nitrogen and oxygen atoms in total. The quantitative estimate of drug-likeness (QED) is 0.771. The average Bonchev–Trinajstić information content (AvgIpc) is 2.08. The van der Waals surface area contributed by atoms with Crippen LogP contribution in [-0.4, -0.2) is 21.2 Å². The Balaban J connectivity index is 4.54. The molecule has 0 aliphatic heterocycles. The Kier molecular flexibility index (Phi) is 5.50. The molecule has 0 heterocycles. The summed E-state index contributed by atoms with van der Waals surface area (Å²) in [4.78, 5) is 0. The van der Waals surface area contributed by atoms with Gasteiger partial charge in [-0.1, -0.05) is 12.8 Å². The predicted molar refractivity (Wildman–Crippen MR) is 58.9 cm³/mol. The van der Waals surface area contributed by atoms with E-state index >= 15 is 0 Å². The zero-order chi connectivity index (χ0) is 13.0. The second-order valence-electron chi connectivity index (χ2n) is 4.23. The van der Waals surface area contributed by atoms with E-state index in [1.54, 1.807) is 27.7 Å². The van der Waals surface area contributed by atoms with Gasteiger partial charge in [0.15, 0.2) is 0 Å². The van der Waals surface area contributed by atoms with Crippen LogP contribution in [0.5, 0.6) is 0 Å². The van der Waals surface area contributed by atoms with Crippen LogP contribution in [0.15, 0.2) is 0 Å². The molecule has 0 saturated carbocycles. The van der Waals surface area contributed by atoms with Crippen LogP contribution in [0.3, 0.4) is 0 Å². The summed E-state index contributed by atoms with van der Waals surface area (Å²) in [5.41, 5.74) is 0. The van der Waals surface area contributed by atoms with Crippen molar-refractivity contribution < 1.29 is 17.4 Å². The van der Waals surface area contributed by atoms with E-state index in [9.17, 15) is 17.4 Å². The maximum Gasteiger partial charge on any atom is 0.457 e. The number of alkyl halides is 3. The topological polar surface area (TPSA) is 29.1 Å². The fourth-order valence-corrected chi connectivity index (χ4v) is 1.53. The number of hydrogen-bond donors (Lipinski definition) is 1. The SMILES string of the molecule is CC[C@H](C#CC(F)(F)F)NS(=O)C(C)(C)C. The first-order valence-corrected chi connectivity index (χ1v) is 5.98. The van der Waals surface area contributed by atoms with Crippen LogP contribution < -0.4 is 4.72 Å². The largest absolute Gasteiger partial charge is 0.457 e. The molecule has 6 heteroatoms. The van der Waals surface area contributed by atoms with Crippen molar-refractivity contribution in [2.45, 2.75) is 51.1 Å². The maximum absolute atomic E-state index is 11.8. The van der Waals surface area contributed by atoms with Crippen molar-refractivity contribution >= 4 is 11.0 Å². The molecule has 0 aromatic rings. The van der Waals surface area contributed by atoms with Crippen LogP contribution in [0.4, 0.5) is 13.2 Å².